The van der Waals surface area contributed by atoms with Crippen molar-refractivity contribution in [2.45, 2.75) is 6.43 Å². The highest BCUT2D eigenvalue weighted by molar-refractivity contribution is 6.04. The Balaban J connectivity index is 2.40. The van der Waals surface area contributed by atoms with Crippen molar-refractivity contribution >= 4 is 21.9 Å². The Morgan fingerprint density at radius 2 is 1.62 bits per heavy atom. The van der Waals surface area contributed by atoms with Crippen molar-refractivity contribution in [3.05, 3.63) is 48.0 Å². The lowest BCUT2D eigenvalue weighted by Crippen LogP contribution is -1.81. The molecule has 0 fully saturated rings. The van der Waals surface area contributed by atoms with Gasteiger partial charge in [0.1, 0.15) is 11.2 Å². The maximum atomic E-state index is 12.6. The van der Waals surface area contributed by atoms with Crippen LogP contribution in [0.2, 0.25) is 0 Å². The lowest BCUT2D eigenvalue weighted by atomic mass is 10.1. The van der Waals surface area contributed by atoms with Crippen molar-refractivity contribution in [2.24, 2.45) is 0 Å². The van der Waals surface area contributed by atoms with Crippen LogP contribution in [0.15, 0.2) is 46.9 Å². The van der Waals surface area contributed by atoms with Gasteiger partial charge in [-0.25, -0.2) is 8.78 Å². The summed E-state index contributed by atoms with van der Waals surface area (Å²) in [6.45, 7) is 0. The first-order chi connectivity index (χ1) is 7.75. The molecule has 0 radical (unpaired) electrons. The highest BCUT2D eigenvalue weighted by atomic mass is 19.3. The minimum atomic E-state index is -2.45. The zero-order valence-electron chi connectivity index (χ0n) is 8.28. The average molecular weight is 218 g/mol. The number of fused-ring (bicyclic) bond motifs is 3. The molecular weight excluding hydrogens is 210 g/mol. The number of hydrogen-bond donors (Lipinski definition) is 0. The summed E-state index contributed by atoms with van der Waals surface area (Å²) in [5.41, 5.74) is 1.40. The van der Waals surface area contributed by atoms with E-state index in [2.05, 4.69) is 0 Å². The molecule has 0 amide bonds. The molecule has 0 aliphatic heterocycles. The Hall–Kier alpha value is -1.90. The second-order valence-corrected chi connectivity index (χ2v) is 3.65. The van der Waals surface area contributed by atoms with Crippen LogP contribution >= 0.6 is 0 Å². The Morgan fingerprint density at radius 1 is 0.875 bits per heavy atom. The summed E-state index contributed by atoms with van der Waals surface area (Å²) in [6, 6.07) is 11.9. The van der Waals surface area contributed by atoms with Gasteiger partial charge in [-0.05, 0) is 24.3 Å². The van der Waals surface area contributed by atoms with Crippen molar-refractivity contribution in [3.8, 4) is 0 Å². The van der Waals surface area contributed by atoms with Gasteiger partial charge in [0.2, 0.25) is 0 Å². The lowest BCUT2D eigenvalue weighted by Gasteiger charge is -1.97. The van der Waals surface area contributed by atoms with Crippen molar-refractivity contribution < 1.29 is 13.2 Å². The molecule has 1 aromatic heterocycles. The van der Waals surface area contributed by atoms with E-state index in [1.54, 1.807) is 6.07 Å². The molecule has 3 heteroatoms. The van der Waals surface area contributed by atoms with Gasteiger partial charge in [-0.1, -0.05) is 18.2 Å². The molecule has 0 unspecified atom stereocenters. The summed E-state index contributed by atoms with van der Waals surface area (Å²) in [7, 11) is 0. The number of rotatable bonds is 1. The summed E-state index contributed by atoms with van der Waals surface area (Å²) in [5, 5.41) is 1.62. The van der Waals surface area contributed by atoms with Crippen molar-refractivity contribution in [1.29, 1.82) is 0 Å². The molecular formula is C13H8F2O. The normalized spacial score (nSPS) is 11.7. The first-order valence-corrected chi connectivity index (χ1v) is 4.95. The summed E-state index contributed by atoms with van der Waals surface area (Å²) < 4.78 is 30.7. The average Bonchev–Trinajstić information content (AvgIpc) is 2.66. The van der Waals surface area contributed by atoms with E-state index in [0.29, 0.717) is 5.58 Å². The quantitative estimate of drug-likeness (QED) is 0.585. The van der Waals surface area contributed by atoms with E-state index in [1.807, 2.05) is 24.3 Å². The third-order valence-corrected chi connectivity index (χ3v) is 2.65. The van der Waals surface area contributed by atoms with Gasteiger partial charge in [-0.15, -0.1) is 0 Å². The van der Waals surface area contributed by atoms with Crippen LogP contribution in [0.1, 0.15) is 12.0 Å². The summed E-state index contributed by atoms with van der Waals surface area (Å²) in [4.78, 5) is 0. The Labute approximate surface area is 90.3 Å². The molecule has 0 atom stereocenters. The van der Waals surface area contributed by atoms with Crippen LogP contribution in [0, 0.1) is 0 Å². The Kier molecular flexibility index (Phi) is 1.93. The molecule has 0 N–H and O–H groups in total. The minimum Gasteiger partial charge on any atom is -0.456 e. The van der Waals surface area contributed by atoms with E-state index in [9.17, 15) is 8.78 Å². The molecule has 16 heavy (non-hydrogen) atoms. The molecule has 1 nitrogen and oxygen atoms in total. The fraction of sp³-hybridized carbons (Fsp3) is 0.0769. The standard InChI is InChI=1S/C13H8F2O/c14-13(15)8-5-6-12-10(7-8)9-3-1-2-4-11(9)16-12/h1-7,13H. The van der Waals surface area contributed by atoms with Gasteiger partial charge in [-0.2, -0.15) is 0 Å². The smallest absolute Gasteiger partial charge is 0.263 e. The number of benzene rings is 2. The van der Waals surface area contributed by atoms with Crippen molar-refractivity contribution in [2.75, 3.05) is 0 Å². The molecule has 80 valence electrons. The fourth-order valence-electron chi connectivity index (χ4n) is 1.88. The number of furan rings is 1. The topological polar surface area (TPSA) is 13.1 Å². The van der Waals surface area contributed by atoms with Crippen LogP contribution in [0.5, 0.6) is 0 Å². The fourth-order valence-corrected chi connectivity index (χ4v) is 1.88. The molecule has 0 bridgehead atoms. The lowest BCUT2D eigenvalue weighted by molar-refractivity contribution is 0.151. The van der Waals surface area contributed by atoms with E-state index in [0.717, 1.165) is 16.4 Å². The molecule has 3 rings (SSSR count). The molecule has 0 aliphatic carbocycles. The highest BCUT2D eigenvalue weighted by Crippen LogP contribution is 2.31. The van der Waals surface area contributed by atoms with E-state index in [-0.39, 0.29) is 5.56 Å². The van der Waals surface area contributed by atoms with Gasteiger partial charge < -0.3 is 4.42 Å². The largest absolute Gasteiger partial charge is 0.456 e. The second-order valence-electron chi connectivity index (χ2n) is 3.65. The van der Waals surface area contributed by atoms with E-state index >= 15 is 0 Å². The zero-order valence-corrected chi connectivity index (χ0v) is 8.28. The van der Waals surface area contributed by atoms with Crippen LogP contribution in [0.3, 0.4) is 0 Å². The molecule has 0 saturated carbocycles. The third kappa shape index (κ3) is 1.28. The van der Waals surface area contributed by atoms with Crippen LogP contribution in [0.25, 0.3) is 21.9 Å². The number of hydrogen-bond acceptors (Lipinski definition) is 1. The van der Waals surface area contributed by atoms with Gasteiger partial charge in [0, 0.05) is 16.3 Å². The van der Waals surface area contributed by atoms with Crippen LogP contribution in [-0.4, -0.2) is 0 Å². The second kappa shape index (κ2) is 3.30. The Bertz CT molecular complexity index is 655. The SMILES string of the molecule is FC(F)c1ccc2oc3ccccc3c2c1. The number of alkyl halides is 2. The van der Waals surface area contributed by atoms with Crippen LogP contribution < -0.4 is 0 Å². The van der Waals surface area contributed by atoms with Gasteiger partial charge >= 0.3 is 0 Å². The molecule has 0 saturated heterocycles. The molecule has 0 spiro atoms. The highest BCUT2D eigenvalue weighted by Gasteiger charge is 2.11. The van der Waals surface area contributed by atoms with Gasteiger partial charge in [0.25, 0.3) is 6.43 Å². The van der Waals surface area contributed by atoms with Gasteiger partial charge in [0.05, 0.1) is 0 Å². The Morgan fingerprint density at radius 3 is 2.44 bits per heavy atom. The van der Waals surface area contributed by atoms with Gasteiger partial charge in [0.15, 0.2) is 0 Å². The molecule has 3 aromatic rings. The number of para-hydroxylation sites is 1. The van der Waals surface area contributed by atoms with Crippen LogP contribution in [0.4, 0.5) is 8.78 Å². The maximum Gasteiger partial charge on any atom is 0.263 e. The first-order valence-electron chi connectivity index (χ1n) is 4.95. The molecule has 1 heterocycles. The van der Waals surface area contributed by atoms with E-state index in [4.69, 9.17) is 4.42 Å². The molecule has 2 aromatic carbocycles. The van der Waals surface area contributed by atoms with E-state index in [1.165, 1.54) is 12.1 Å². The zero-order chi connectivity index (χ0) is 11.1. The monoisotopic (exact) mass is 218 g/mol. The predicted octanol–water partition coefficient (Wildman–Crippen LogP) is 4.52. The third-order valence-electron chi connectivity index (χ3n) is 2.65. The predicted molar refractivity (Wildman–Crippen MR) is 58.7 cm³/mol. The number of halogens is 2. The van der Waals surface area contributed by atoms with Crippen LogP contribution in [-0.2, 0) is 0 Å². The summed E-state index contributed by atoms with van der Waals surface area (Å²) in [6.07, 6.45) is -2.45. The molecule has 0 aliphatic rings. The summed E-state index contributed by atoms with van der Waals surface area (Å²) >= 11 is 0. The van der Waals surface area contributed by atoms with E-state index < -0.39 is 6.43 Å². The first kappa shape index (κ1) is 9.33. The minimum absolute atomic E-state index is 0.0269. The summed E-state index contributed by atoms with van der Waals surface area (Å²) in [5.74, 6) is 0. The van der Waals surface area contributed by atoms with Gasteiger partial charge in [-0.3, -0.25) is 0 Å². The maximum absolute atomic E-state index is 12.6. The van der Waals surface area contributed by atoms with Crippen molar-refractivity contribution in [3.63, 3.8) is 0 Å². The van der Waals surface area contributed by atoms with Crippen molar-refractivity contribution in [1.82, 2.24) is 0 Å².